The second-order valence-electron chi connectivity index (χ2n) is 6.29. The fourth-order valence-electron chi connectivity index (χ4n) is 2.29. The van der Waals surface area contributed by atoms with Crippen LogP contribution in [0.3, 0.4) is 0 Å². The monoisotopic (exact) mass is 417 g/mol. The predicted octanol–water partition coefficient (Wildman–Crippen LogP) is 3.29. The number of amides is 2. The maximum absolute atomic E-state index is 11.7. The van der Waals surface area contributed by atoms with Crippen LogP contribution in [-0.4, -0.2) is 31.2 Å². The molecule has 0 bridgehead atoms. The highest BCUT2D eigenvalue weighted by atomic mass is 35.5. The highest BCUT2D eigenvalue weighted by molar-refractivity contribution is 6.35. The van der Waals surface area contributed by atoms with E-state index < -0.39 is 11.8 Å². The number of benzene rings is 2. The number of halogens is 1. The van der Waals surface area contributed by atoms with Gasteiger partial charge in [0, 0.05) is 6.04 Å². The fourth-order valence-corrected chi connectivity index (χ4v) is 2.57. The van der Waals surface area contributed by atoms with Gasteiger partial charge in [-0.05, 0) is 36.6 Å². The fraction of sp³-hybridized carbons (Fsp3) is 0.286. The molecule has 7 nitrogen and oxygen atoms in total. The van der Waals surface area contributed by atoms with Crippen molar-refractivity contribution >= 4 is 29.6 Å². The summed E-state index contributed by atoms with van der Waals surface area (Å²) in [4.78, 5) is 23.4. The van der Waals surface area contributed by atoms with Crippen molar-refractivity contribution in [2.45, 2.75) is 32.9 Å². The molecule has 0 aliphatic heterocycles. The van der Waals surface area contributed by atoms with Gasteiger partial charge in [-0.15, -0.1) is 0 Å². The van der Waals surface area contributed by atoms with E-state index in [4.69, 9.17) is 21.1 Å². The summed E-state index contributed by atoms with van der Waals surface area (Å²) in [6.07, 6.45) is 2.09. The van der Waals surface area contributed by atoms with Crippen LogP contribution < -0.4 is 20.2 Å². The number of hydrogen-bond acceptors (Lipinski definition) is 5. The van der Waals surface area contributed by atoms with Crippen molar-refractivity contribution in [1.29, 1.82) is 0 Å². The molecule has 8 heteroatoms. The van der Waals surface area contributed by atoms with Gasteiger partial charge in [0.05, 0.1) is 18.3 Å². The number of rotatable bonds is 8. The van der Waals surface area contributed by atoms with Crippen LogP contribution in [0.25, 0.3) is 0 Å². The van der Waals surface area contributed by atoms with Crippen molar-refractivity contribution in [2.75, 3.05) is 7.11 Å². The molecule has 2 aromatic rings. The number of nitrogens with one attached hydrogen (secondary N) is 2. The number of ether oxygens (including phenoxy) is 2. The topological polar surface area (TPSA) is 89.0 Å². The summed E-state index contributed by atoms with van der Waals surface area (Å²) in [5.41, 5.74) is 3.75. The van der Waals surface area contributed by atoms with Gasteiger partial charge in [0.2, 0.25) is 0 Å². The quantitative estimate of drug-likeness (QED) is 0.392. The lowest BCUT2D eigenvalue weighted by molar-refractivity contribution is -0.139. The van der Waals surface area contributed by atoms with E-state index in [0.717, 1.165) is 12.0 Å². The van der Waals surface area contributed by atoms with E-state index in [9.17, 15) is 9.59 Å². The molecule has 2 N–H and O–H groups in total. The minimum Gasteiger partial charge on any atom is -0.493 e. The minimum atomic E-state index is -0.845. The first-order valence-corrected chi connectivity index (χ1v) is 9.50. The Balaban J connectivity index is 2.03. The Labute approximate surface area is 175 Å². The van der Waals surface area contributed by atoms with Crippen molar-refractivity contribution in [3.8, 4) is 11.5 Å². The van der Waals surface area contributed by atoms with Crippen molar-refractivity contribution in [3.63, 3.8) is 0 Å². The zero-order valence-electron chi connectivity index (χ0n) is 16.6. The molecular weight excluding hydrogens is 394 g/mol. The first-order chi connectivity index (χ1) is 13.9. The standard InChI is InChI=1S/C21H24ClN3O4/c1-4-14(2)24-20(26)21(27)25-23-12-16-10-17(22)19(18(11-16)28-3)29-13-15-8-6-5-7-9-15/h5-12,14H,4,13H2,1-3H3,(H,24,26)(H,25,27)/b23-12-/t14-/m0/s1. The largest absolute Gasteiger partial charge is 0.493 e. The van der Waals surface area contributed by atoms with Crippen LogP contribution in [0.2, 0.25) is 5.02 Å². The minimum absolute atomic E-state index is 0.0938. The smallest absolute Gasteiger partial charge is 0.329 e. The first kappa shape index (κ1) is 22.2. The molecule has 2 amide bonds. The lowest BCUT2D eigenvalue weighted by atomic mass is 10.2. The molecule has 0 unspecified atom stereocenters. The molecule has 0 radical (unpaired) electrons. The zero-order chi connectivity index (χ0) is 21.2. The summed E-state index contributed by atoms with van der Waals surface area (Å²) in [7, 11) is 1.50. The van der Waals surface area contributed by atoms with Crippen molar-refractivity contribution in [1.82, 2.24) is 10.7 Å². The van der Waals surface area contributed by atoms with Crippen molar-refractivity contribution < 1.29 is 19.1 Å². The number of carbonyl (C=O) groups excluding carboxylic acids is 2. The molecule has 2 aromatic carbocycles. The number of hydrazone groups is 1. The van der Waals surface area contributed by atoms with Gasteiger partial charge in [-0.3, -0.25) is 9.59 Å². The molecule has 0 saturated carbocycles. The van der Waals surface area contributed by atoms with E-state index in [2.05, 4.69) is 15.8 Å². The van der Waals surface area contributed by atoms with Gasteiger partial charge >= 0.3 is 11.8 Å². The Hall–Kier alpha value is -3.06. The third-order valence-corrected chi connectivity index (χ3v) is 4.33. The third-order valence-electron chi connectivity index (χ3n) is 4.05. The molecule has 0 aromatic heterocycles. The summed E-state index contributed by atoms with van der Waals surface area (Å²) in [6, 6.07) is 12.9. The van der Waals surface area contributed by atoms with E-state index in [1.807, 2.05) is 44.2 Å². The van der Waals surface area contributed by atoms with Gasteiger partial charge in [0.25, 0.3) is 0 Å². The van der Waals surface area contributed by atoms with Gasteiger partial charge in [-0.25, -0.2) is 5.43 Å². The molecule has 0 saturated heterocycles. The van der Waals surface area contributed by atoms with Crippen LogP contribution in [0.15, 0.2) is 47.6 Å². The number of carbonyl (C=O) groups is 2. The van der Waals surface area contributed by atoms with Crippen LogP contribution in [0, 0.1) is 0 Å². The van der Waals surface area contributed by atoms with Gasteiger partial charge in [0.1, 0.15) is 6.61 Å². The summed E-state index contributed by atoms with van der Waals surface area (Å²) < 4.78 is 11.2. The van der Waals surface area contributed by atoms with E-state index in [1.165, 1.54) is 13.3 Å². The third kappa shape index (κ3) is 6.80. The Morgan fingerprint density at radius 3 is 2.59 bits per heavy atom. The second-order valence-corrected chi connectivity index (χ2v) is 6.70. The Kier molecular flexibility index (Phi) is 8.48. The van der Waals surface area contributed by atoms with E-state index in [0.29, 0.717) is 28.7 Å². The van der Waals surface area contributed by atoms with Crippen LogP contribution in [0.1, 0.15) is 31.4 Å². The van der Waals surface area contributed by atoms with E-state index in [-0.39, 0.29) is 6.04 Å². The predicted molar refractivity (Wildman–Crippen MR) is 112 cm³/mol. The molecule has 0 spiro atoms. The normalized spacial score (nSPS) is 11.7. The Bertz CT molecular complexity index is 872. The zero-order valence-corrected chi connectivity index (χ0v) is 17.3. The van der Waals surface area contributed by atoms with Gasteiger partial charge < -0.3 is 14.8 Å². The molecule has 29 heavy (non-hydrogen) atoms. The lowest BCUT2D eigenvalue weighted by Gasteiger charge is -2.13. The molecule has 0 fully saturated rings. The van der Waals surface area contributed by atoms with Crippen molar-refractivity contribution in [3.05, 3.63) is 58.6 Å². The average Bonchev–Trinajstić information content (AvgIpc) is 2.73. The summed E-state index contributed by atoms with van der Waals surface area (Å²) in [5.74, 6) is -0.748. The summed E-state index contributed by atoms with van der Waals surface area (Å²) in [5, 5.41) is 6.69. The molecule has 154 valence electrons. The highest BCUT2D eigenvalue weighted by Crippen LogP contribution is 2.36. The Morgan fingerprint density at radius 1 is 1.21 bits per heavy atom. The lowest BCUT2D eigenvalue weighted by Crippen LogP contribution is -2.41. The maximum Gasteiger partial charge on any atom is 0.329 e. The van der Waals surface area contributed by atoms with Crippen molar-refractivity contribution in [2.24, 2.45) is 5.10 Å². The molecular formula is C21H24ClN3O4. The summed E-state index contributed by atoms with van der Waals surface area (Å²) >= 11 is 6.33. The van der Waals surface area contributed by atoms with Crippen LogP contribution in [-0.2, 0) is 16.2 Å². The molecule has 0 aliphatic carbocycles. The molecule has 0 aliphatic rings. The van der Waals surface area contributed by atoms with Crippen LogP contribution in [0.4, 0.5) is 0 Å². The SMILES string of the molecule is CC[C@H](C)NC(=O)C(=O)N/N=C\c1cc(Cl)c(OCc2ccccc2)c(OC)c1. The number of hydrogen-bond donors (Lipinski definition) is 2. The number of nitrogens with zero attached hydrogens (tertiary/aromatic N) is 1. The highest BCUT2D eigenvalue weighted by Gasteiger charge is 2.15. The van der Waals surface area contributed by atoms with E-state index in [1.54, 1.807) is 12.1 Å². The van der Waals surface area contributed by atoms with Crippen LogP contribution >= 0.6 is 11.6 Å². The van der Waals surface area contributed by atoms with Crippen LogP contribution in [0.5, 0.6) is 11.5 Å². The number of methoxy groups -OCH3 is 1. The van der Waals surface area contributed by atoms with E-state index >= 15 is 0 Å². The molecule has 0 heterocycles. The van der Waals surface area contributed by atoms with Gasteiger partial charge in [-0.2, -0.15) is 5.10 Å². The molecule has 2 rings (SSSR count). The Morgan fingerprint density at radius 2 is 1.93 bits per heavy atom. The summed E-state index contributed by atoms with van der Waals surface area (Å²) in [6.45, 7) is 4.06. The maximum atomic E-state index is 11.7. The first-order valence-electron chi connectivity index (χ1n) is 9.12. The van der Waals surface area contributed by atoms with Gasteiger partial charge in [0.15, 0.2) is 11.5 Å². The second kappa shape index (κ2) is 11.1. The molecule has 1 atom stereocenters. The van der Waals surface area contributed by atoms with Gasteiger partial charge in [-0.1, -0.05) is 48.9 Å². The average molecular weight is 418 g/mol.